The van der Waals surface area contributed by atoms with E-state index in [2.05, 4.69) is 152 Å². The molecule has 0 bridgehead atoms. The van der Waals surface area contributed by atoms with Crippen molar-refractivity contribution in [3.8, 4) is 67.6 Å². The first-order valence-electron chi connectivity index (χ1n) is 17.1. The molecule has 242 valence electrons. The maximum Gasteiger partial charge on any atom is 0.170 e. The average molecular weight is 656 g/mol. The molecule has 0 N–H and O–H groups in total. The molecule has 1 aliphatic carbocycles. The smallest absolute Gasteiger partial charge is 0.170 e. The number of ether oxygens (including phenoxy) is 2. The van der Waals surface area contributed by atoms with Gasteiger partial charge in [-0.05, 0) is 92.0 Å². The van der Waals surface area contributed by atoms with E-state index in [1.807, 2.05) is 42.6 Å². The molecule has 1 aliphatic heterocycles. The van der Waals surface area contributed by atoms with Gasteiger partial charge in [0.05, 0.1) is 11.1 Å². The Hall–Kier alpha value is -6.71. The Kier molecular flexibility index (Phi) is 7.33. The number of rotatable bonds is 7. The monoisotopic (exact) mass is 655 g/mol. The normalized spacial score (nSPS) is 15.3. The zero-order chi connectivity index (χ0) is 34.4. The molecule has 7 aromatic rings. The molecule has 3 heteroatoms. The number of fused-ring (bicyclic) bond motifs is 5. The first kappa shape index (κ1) is 30.4. The standard InChI is InChI=1S/C48H33NO2/c1-3-12-37(4-2)48(38-13-6-5-7-14-38)41-16-9-8-15-39(41)40-30-46-47(31-42(40)48)50-44-27-26-36(29-45(44)51-46)34-20-18-32(19-21-34)33-22-24-35(25-23-33)43-17-10-11-28-49-43/h3-31H,1-2H2/b37-12+. The Morgan fingerprint density at radius 2 is 1.12 bits per heavy atom. The maximum atomic E-state index is 6.65. The van der Waals surface area contributed by atoms with Gasteiger partial charge in [-0.25, -0.2) is 0 Å². The van der Waals surface area contributed by atoms with E-state index in [0.717, 1.165) is 61.3 Å². The molecule has 0 amide bonds. The minimum absolute atomic E-state index is 0.598. The van der Waals surface area contributed by atoms with Crippen LogP contribution in [-0.4, -0.2) is 4.98 Å². The molecule has 0 spiro atoms. The Morgan fingerprint density at radius 3 is 1.82 bits per heavy atom. The lowest BCUT2D eigenvalue weighted by atomic mass is 9.67. The first-order valence-corrected chi connectivity index (χ1v) is 17.1. The molecule has 2 aliphatic rings. The van der Waals surface area contributed by atoms with Crippen LogP contribution >= 0.6 is 0 Å². The van der Waals surface area contributed by atoms with Crippen LogP contribution in [0.1, 0.15) is 16.7 Å². The highest BCUT2D eigenvalue weighted by atomic mass is 16.6. The van der Waals surface area contributed by atoms with Gasteiger partial charge in [-0.1, -0.05) is 147 Å². The van der Waals surface area contributed by atoms with Crippen molar-refractivity contribution in [3.05, 3.63) is 212 Å². The highest BCUT2D eigenvalue weighted by Crippen LogP contribution is 2.60. The van der Waals surface area contributed by atoms with Gasteiger partial charge < -0.3 is 9.47 Å². The molecule has 0 saturated heterocycles. The third-order valence-electron chi connectivity index (χ3n) is 10.0. The van der Waals surface area contributed by atoms with Crippen LogP contribution in [0.25, 0.3) is 44.6 Å². The predicted octanol–water partition coefficient (Wildman–Crippen LogP) is 12.6. The predicted molar refractivity (Wildman–Crippen MR) is 207 cm³/mol. The fraction of sp³-hybridized carbons (Fsp3) is 0.0208. The van der Waals surface area contributed by atoms with Gasteiger partial charge in [-0.15, -0.1) is 0 Å². The molecule has 1 unspecified atom stereocenters. The number of allylic oxidation sites excluding steroid dienone is 4. The quantitative estimate of drug-likeness (QED) is 0.160. The van der Waals surface area contributed by atoms with E-state index in [0.29, 0.717) is 23.0 Å². The summed E-state index contributed by atoms with van der Waals surface area (Å²) in [5.41, 5.74) is 12.7. The lowest BCUT2D eigenvalue weighted by molar-refractivity contribution is 0.359. The molecular weight excluding hydrogens is 623 g/mol. The van der Waals surface area contributed by atoms with E-state index in [1.54, 1.807) is 0 Å². The van der Waals surface area contributed by atoms with Crippen molar-refractivity contribution >= 4 is 0 Å². The summed E-state index contributed by atoms with van der Waals surface area (Å²) >= 11 is 0. The number of hydrogen-bond donors (Lipinski definition) is 0. The summed E-state index contributed by atoms with van der Waals surface area (Å²) in [6, 6.07) is 52.8. The molecule has 3 nitrogen and oxygen atoms in total. The van der Waals surface area contributed by atoms with Crippen molar-refractivity contribution in [1.82, 2.24) is 4.98 Å². The van der Waals surface area contributed by atoms with E-state index in [-0.39, 0.29) is 0 Å². The summed E-state index contributed by atoms with van der Waals surface area (Å²) in [6.07, 6.45) is 7.66. The second-order valence-corrected chi connectivity index (χ2v) is 12.8. The van der Waals surface area contributed by atoms with Crippen molar-refractivity contribution in [1.29, 1.82) is 0 Å². The lowest BCUT2D eigenvalue weighted by Crippen LogP contribution is -2.29. The van der Waals surface area contributed by atoms with E-state index in [1.165, 1.54) is 5.56 Å². The molecule has 9 rings (SSSR count). The number of nitrogens with zero attached hydrogens (tertiary/aromatic N) is 1. The minimum atomic E-state index is -0.598. The Morgan fingerprint density at radius 1 is 0.510 bits per heavy atom. The van der Waals surface area contributed by atoms with Gasteiger partial charge >= 0.3 is 0 Å². The van der Waals surface area contributed by atoms with Gasteiger partial charge in [0, 0.05) is 11.8 Å². The number of benzene rings is 6. The van der Waals surface area contributed by atoms with Crippen LogP contribution in [0.3, 0.4) is 0 Å². The van der Waals surface area contributed by atoms with Gasteiger partial charge in [-0.3, -0.25) is 4.98 Å². The van der Waals surface area contributed by atoms with Gasteiger partial charge in [0.15, 0.2) is 23.0 Å². The van der Waals surface area contributed by atoms with Crippen molar-refractivity contribution < 1.29 is 9.47 Å². The summed E-state index contributed by atoms with van der Waals surface area (Å²) < 4.78 is 13.3. The number of hydrogen-bond acceptors (Lipinski definition) is 3. The molecule has 6 aromatic carbocycles. The van der Waals surface area contributed by atoms with Gasteiger partial charge in [0.25, 0.3) is 0 Å². The third-order valence-corrected chi connectivity index (χ3v) is 10.0. The SMILES string of the molecule is C=C/C=C(\C=C)C1(c2ccccc2)c2ccccc2-c2cc3c(cc21)Oc1ccc(-c2ccc(-c4ccc(-c5ccccn5)cc4)cc2)cc1O3. The Balaban J connectivity index is 1.06. The summed E-state index contributed by atoms with van der Waals surface area (Å²) in [6.45, 7) is 8.29. The van der Waals surface area contributed by atoms with E-state index >= 15 is 0 Å². The molecule has 1 atom stereocenters. The van der Waals surface area contributed by atoms with Crippen molar-refractivity contribution in [2.45, 2.75) is 5.41 Å². The van der Waals surface area contributed by atoms with Crippen molar-refractivity contribution in [2.75, 3.05) is 0 Å². The Bertz CT molecular complexity index is 2480. The maximum absolute atomic E-state index is 6.65. The summed E-state index contributed by atoms with van der Waals surface area (Å²) in [5.74, 6) is 2.74. The van der Waals surface area contributed by atoms with Crippen LogP contribution in [0, 0.1) is 0 Å². The van der Waals surface area contributed by atoms with Crippen molar-refractivity contribution in [2.24, 2.45) is 0 Å². The number of pyridine rings is 1. The molecule has 0 saturated carbocycles. The fourth-order valence-corrected chi connectivity index (χ4v) is 7.70. The van der Waals surface area contributed by atoms with Gasteiger partial charge in [0.2, 0.25) is 0 Å². The zero-order valence-electron chi connectivity index (χ0n) is 27.9. The van der Waals surface area contributed by atoms with E-state index < -0.39 is 5.41 Å². The minimum Gasteiger partial charge on any atom is -0.450 e. The van der Waals surface area contributed by atoms with Crippen LogP contribution < -0.4 is 9.47 Å². The fourth-order valence-electron chi connectivity index (χ4n) is 7.70. The van der Waals surface area contributed by atoms with Gasteiger partial charge in [-0.2, -0.15) is 0 Å². The second-order valence-electron chi connectivity index (χ2n) is 12.8. The second kappa shape index (κ2) is 12.3. The highest BCUT2D eigenvalue weighted by molar-refractivity contribution is 5.89. The Labute approximate surface area is 298 Å². The van der Waals surface area contributed by atoms with Crippen LogP contribution in [0.2, 0.25) is 0 Å². The average Bonchev–Trinajstić information content (AvgIpc) is 3.48. The van der Waals surface area contributed by atoms with Crippen LogP contribution in [0.15, 0.2) is 195 Å². The van der Waals surface area contributed by atoms with E-state index in [9.17, 15) is 0 Å². The van der Waals surface area contributed by atoms with Crippen LogP contribution in [0.5, 0.6) is 23.0 Å². The molecule has 1 aromatic heterocycles. The molecule has 51 heavy (non-hydrogen) atoms. The first-order chi connectivity index (χ1) is 25.2. The number of aromatic nitrogens is 1. The molecule has 0 fully saturated rings. The van der Waals surface area contributed by atoms with Crippen LogP contribution in [-0.2, 0) is 5.41 Å². The lowest BCUT2D eigenvalue weighted by Gasteiger charge is -2.35. The molecular formula is C48H33NO2. The summed E-state index contributed by atoms with van der Waals surface area (Å²) in [4.78, 5) is 4.47. The summed E-state index contributed by atoms with van der Waals surface area (Å²) in [7, 11) is 0. The highest BCUT2D eigenvalue weighted by Gasteiger charge is 2.47. The third kappa shape index (κ3) is 4.94. The largest absolute Gasteiger partial charge is 0.450 e. The van der Waals surface area contributed by atoms with E-state index in [4.69, 9.17) is 9.47 Å². The zero-order valence-corrected chi connectivity index (χ0v) is 27.9. The van der Waals surface area contributed by atoms with Gasteiger partial charge in [0.1, 0.15) is 0 Å². The molecule has 2 heterocycles. The topological polar surface area (TPSA) is 31.4 Å². The van der Waals surface area contributed by atoms with Crippen LogP contribution in [0.4, 0.5) is 0 Å². The summed E-state index contributed by atoms with van der Waals surface area (Å²) in [5, 5.41) is 0. The molecule has 0 radical (unpaired) electrons. The van der Waals surface area contributed by atoms with Crippen molar-refractivity contribution in [3.63, 3.8) is 0 Å².